The number of nitrogens with two attached hydrogens (primary N) is 1. The predicted molar refractivity (Wildman–Crippen MR) is 111 cm³/mol. The van der Waals surface area contributed by atoms with Crippen molar-refractivity contribution in [1.82, 2.24) is 0 Å². The molecule has 0 unspecified atom stereocenters. The van der Waals surface area contributed by atoms with Crippen molar-refractivity contribution >= 4 is 37.2 Å². The first-order valence-corrected chi connectivity index (χ1v) is 11.8. The van der Waals surface area contributed by atoms with Crippen LogP contribution in [0.3, 0.4) is 0 Å². The van der Waals surface area contributed by atoms with Gasteiger partial charge in [-0.15, -0.1) is 0 Å². The van der Waals surface area contributed by atoms with Gasteiger partial charge in [0.25, 0.3) is 0 Å². The topological polar surface area (TPSA) is 146 Å². The summed E-state index contributed by atoms with van der Waals surface area (Å²) in [5.41, 5.74) is 0.748. The zero-order valence-electron chi connectivity index (χ0n) is 17.0. The summed E-state index contributed by atoms with van der Waals surface area (Å²) in [6.07, 6.45) is 1.45. The number of benzene rings is 2. The van der Waals surface area contributed by atoms with E-state index < -0.39 is 29.9 Å². The quantitative estimate of drug-likeness (QED) is 0.332. The van der Waals surface area contributed by atoms with Crippen LogP contribution in [0.5, 0.6) is 0 Å². The molecule has 1 aromatic heterocycles. The number of para-hydroxylation sites is 1. The molecule has 0 amide bonds. The number of nitrogens with zero attached hydrogens (tertiary/aromatic N) is 1. The third-order valence-electron chi connectivity index (χ3n) is 4.35. The maximum absolute atomic E-state index is 12.3. The standard InChI is InChI=1S/C19H21N3O6S2.Na/c1-2-22(14-7-4-3-5-8-14)17-11-16(21-13-15-9-6-10-28-15)18(30(25,26)27)12-19(17)29(20,23)24;/h3-12,21H,2,13H2,1H3,(H2,20,23,24)(H,25,26,27);/q;+1/p-1. The van der Waals surface area contributed by atoms with Crippen molar-refractivity contribution in [3.63, 3.8) is 0 Å². The number of anilines is 3. The Hall–Kier alpha value is -1.86. The molecular weight excluding hydrogens is 453 g/mol. The van der Waals surface area contributed by atoms with E-state index in [2.05, 4.69) is 5.32 Å². The number of rotatable bonds is 8. The van der Waals surface area contributed by atoms with Crippen molar-refractivity contribution in [2.75, 3.05) is 16.8 Å². The SMILES string of the molecule is CCN(c1ccccc1)c1cc(NCc2ccco2)c(S(=O)(=O)[O-])cc1S(N)(=O)=O.[Na+]. The summed E-state index contributed by atoms with van der Waals surface area (Å²) in [4.78, 5) is 0.469. The van der Waals surface area contributed by atoms with E-state index in [4.69, 9.17) is 9.56 Å². The van der Waals surface area contributed by atoms with Gasteiger partial charge in [0.1, 0.15) is 20.8 Å². The molecule has 1 heterocycles. The summed E-state index contributed by atoms with van der Waals surface area (Å²) in [5, 5.41) is 8.19. The molecule has 12 heteroatoms. The van der Waals surface area contributed by atoms with Crippen LogP contribution in [0.15, 0.2) is 75.1 Å². The maximum Gasteiger partial charge on any atom is 1.00 e. The normalized spacial score (nSPS) is 11.6. The Morgan fingerprint density at radius 2 is 1.71 bits per heavy atom. The number of furan rings is 1. The molecule has 0 atom stereocenters. The third kappa shape index (κ3) is 6.10. The number of hydrogen-bond donors (Lipinski definition) is 2. The molecule has 0 saturated carbocycles. The van der Waals surface area contributed by atoms with Gasteiger partial charge in [0.2, 0.25) is 10.0 Å². The molecule has 9 nitrogen and oxygen atoms in total. The second kappa shape index (κ2) is 10.2. The van der Waals surface area contributed by atoms with Gasteiger partial charge in [0.05, 0.1) is 29.1 Å². The molecule has 3 N–H and O–H groups in total. The van der Waals surface area contributed by atoms with E-state index in [9.17, 15) is 21.4 Å². The van der Waals surface area contributed by atoms with Crippen LogP contribution in [0.25, 0.3) is 0 Å². The van der Waals surface area contributed by atoms with Crippen LogP contribution in [0.1, 0.15) is 12.7 Å². The second-order valence-electron chi connectivity index (χ2n) is 6.33. The van der Waals surface area contributed by atoms with E-state index >= 15 is 0 Å². The fraction of sp³-hybridized carbons (Fsp3) is 0.158. The van der Waals surface area contributed by atoms with E-state index in [1.54, 1.807) is 54.3 Å². The van der Waals surface area contributed by atoms with Gasteiger partial charge in [-0.2, -0.15) is 0 Å². The van der Waals surface area contributed by atoms with Gasteiger partial charge in [-0.05, 0) is 43.3 Å². The fourth-order valence-electron chi connectivity index (χ4n) is 3.03. The average Bonchev–Trinajstić information content (AvgIpc) is 3.19. The Labute approximate surface area is 203 Å². The molecule has 31 heavy (non-hydrogen) atoms. The molecule has 0 spiro atoms. The molecule has 0 aliphatic heterocycles. The third-order valence-corrected chi connectivity index (χ3v) is 6.16. The molecule has 0 fully saturated rings. The maximum atomic E-state index is 12.3. The minimum atomic E-state index is -5.00. The molecule has 0 bridgehead atoms. The Bertz CT molecular complexity index is 1230. The largest absolute Gasteiger partial charge is 1.00 e. The van der Waals surface area contributed by atoms with Gasteiger partial charge in [-0.25, -0.2) is 22.0 Å². The van der Waals surface area contributed by atoms with Crippen LogP contribution in [-0.2, 0) is 26.7 Å². The average molecular weight is 474 g/mol. The van der Waals surface area contributed by atoms with Crippen LogP contribution in [0, 0.1) is 0 Å². The summed E-state index contributed by atoms with van der Waals surface area (Å²) in [7, 11) is -9.35. The summed E-state index contributed by atoms with van der Waals surface area (Å²) < 4.78 is 65.3. The molecule has 160 valence electrons. The number of hydrogen-bond acceptors (Lipinski definition) is 8. The number of sulfonamides is 1. The zero-order valence-corrected chi connectivity index (χ0v) is 20.6. The van der Waals surface area contributed by atoms with Gasteiger partial charge in [-0.1, -0.05) is 18.2 Å². The van der Waals surface area contributed by atoms with E-state index in [1.165, 1.54) is 12.3 Å². The summed E-state index contributed by atoms with van der Waals surface area (Å²) in [6, 6.07) is 14.3. The van der Waals surface area contributed by atoms with Gasteiger partial charge < -0.3 is 19.2 Å². The smallest absolute Gasteiger partial charge is 0.744 e. The number of nitrogens with one attached hydrogen (secondary N) is 1. The molecular formula is C19H20N3NaO6S2. The first-order valence-electron chi connectivity index (χ1n) is 8.87. The first-order chi connectivity index (χ1) is 14.1. The second-order valence-corrected chi connectivity index (χ2v) is 9.21. The summed E-state index contributed by atoms with van der Waals surface area (Å²) in [5.74, 6) is 0.497. The van der Waals surface area contributed by atoms with Crippen molar-refractivity contribution in [3.8, 4) is 0 Å². The Kier molecular flexibility index (Phi) is 8.34. The molecule has 3 rings (SSSR count). The van der Waals surface area contributed by atoms with Crippen LogP contribution in [0.4, 0.5) is 17.1 Å². The minimum Gasteiger partial charge on any atom is -0.744 e. The molecule has 0 saturated heterocycles. The molecule has 3 aromatic rings. The minimum absolute atomic E-state index is 0. The van der Waals surface area contributed by atoms with Gasteiger partial charge in [0.15, 0.2) is 0 Å². The van der Waals surface area contributed by atoms with Crippen LogP contribution >= 0.6 is 0 Å². The van der Waals surface area contributed by atoms with E-state index in [0.717, 1.165) is 6.07 Å². The Balaban J connectivity index is 0.00000341. The van der Waals surface area contributed by atoms with Crippen molar-refractivity contribution < 1.29 is 55.4 Å². The van der Waals surface area contributed by atoms with Crippen molar-refractivity contribution in [1.29, 1.82) is 0 Å². The molecule has 0 aliphatic rings. The summed E-state index contributed by atoms with van der Waals surface area (Å²) in [6.45, 7) is 2.24. The Morgan fingerprint density at radius 3 is 2.23 bits per heavy atom. The number of primary sulfonamides is 1. The molecule has 2 aromatic carbocycles. The zero-order chi connectivity index (χ0) is 21.9. The monoisotopic (exact) mass is 473 g/mol. The van der Waals surface area contributed by atoms with Crippen LogP contribution in [0.2, 0.25) is 0 Å². The first kappa shape index (κ1) is 25.4. The fourth-order valence-corrected chi connectivity index (χ4v) is 4.51. The van der Waals surface area contributed by atoms with E-state index in [-0.39, 0.29) is 47.5 Å². The van der Waals surface area contributed by atoms with Crippen molar-refractivity contribution in [3.05, 3.63) is 66.6 Å². The predicted octanol–water partition coefficient (Wildman–Crippen LogP) is -0.395. The van der Waals surface area contributed by atoms with Gasteiger partial charge in [0, 0.05) is 12.2 Å². The van der Waals surface area contributed by atoms with E-state index in [1.807, 2.05) is 0 Å². The van der Waals surface area contributed by atoms with Crippen LogP contribution < -0.4 is 44.9 Å². The molecule has 0 radical (unpaired) electrons. The van der Waals surface area contributed by atoms with Gasteiger partial charge in [-0.3, -0.25) is 0 Å². The van der Waals surface area contributed by atoms with Crippen molar-refractivity contribution in [2.45, 2.75) is 23.3 Å². The summed E-state index contributed by atoms with van der Waals surface area (Å²) >= 11 is 0. The van der Waals surface area contributed by atoms with E-state index in [0.29, 0.717) is 18.0 Å². The van der Waals surface area contributed by atoms with Gasteiger partial charge >= 0.3 is 29.6 Å². The molecule has 0 aliphatic carbocycles. The van der Waals surface area contributed by atoms with Crippen LogP contribution in [-0.4, -0.2) is 27.9 Å². The van der Waals surface area contributed by atoms with Crippen molar-refractivity contribution in [2.24, 2.45) is 5.14 Å². The Morgan fingerprint density at radius 1 is 1.03 bits per heavy atom.